The number of sulfone groups is 1. The van der Waals surface area contributed by atoms with Crippen LogP contribution in [0.4, 0.5) is 22.0 Å². The molecule has 0 aromatic rings. The van der Waals surface area contributed by atoms with Crippen LogP contribution in [-0.4, -0.2) is 36.8 Å². The molecule has 0 aromatic heterocycles. The van der Waals surface area contributed by atoms with Crippen LogP contribution in [0.15, 0.2) is 45.9 Å². The fourth-order valence-electron chi connectivity index (χ4n) is 3.50. The molecule has 2 aliphatic rings. The molecule has 0 spiro atoms. The smallest absolute Gasteiger partial charge is 0.382 e. The Morgan fingerprint density at radius 2 is 1.86 bits per heavy atom. The molecule has 0 aliphatic heterocycles. The fraction of sp³-hybridized carbons (Fsp3) is 0.526. The van der Waals surface area contributed by atoms with E-state index in [0.29, 0.717) is 13.3 Å². The molecule has 10 heteroatoms. The van der Waals surface area contributed by atoms with E-state index in [0.717, 1.165) is 6.08 Å². The van der Waals surface area contributed by atoms with Crippen LogP contribution < -0.4 is 0 Å². The second-order valence-corrected chi connectivity index (χ2v) is 9.91. The van der Waals surface area contributed by atoms with Crippen molar-refractivity contribution < 1.29 is 40.3 Å². The number of ketones is 1. The van der Waals surface area contributed by atoms with Crippen LogP contribution in [0.5, 0.6) is 0 Å². The van der Waals surface area contributed by atoms with Crippen molar-refractivity contribution in [2.24, 2.45) is 5.41 Å². The molecule has 0 amide bonds. The van der Waals surface area contributed by atoms with Crippen LogP contribution in [0.3, 0.4) is 0 Å². The molecule has 0 bridgehead atoms. The van der Waals surface area contributed by atoms with E-state index >= 15 is 0 Å². The van der Waals surface area contributed by atoms with Gasteiger partial charge in [0.05, 0.1) is 4.91 Å². The summed E-state index contributed by atoms with van der Waals surface area (Å²) in [5, 5.41) is 9.99. The Balaban J connectivity index is 2.90. The lowest BCUT2D eigenvalue weighted by Crippen LogP contribution is -2.30. The van der Waals surface area contributed by atoms with Crippen LogP contribution >= 0.6 is 0 Å². The maximum atomic E-state index is 14.3. The lowest BCUT2D eigenvalue weighted by Gasteiger charge is -2.28. The summed E-state index contributed by atoms with van der Waals surface area (Å²) in [7, 11) is -5.97. The number of Topliss-reactive ketones (excluding diaryl/α,β-unsaturated/α-hetero) is 1. The zero-order valence-corrected chi connectivity index (χ0v) is 16.8. The Morgan fingerprint density at radius 1 is 1.31 bits per heavy atom. The largest absolute Gasteiger partial charge is 0.501 e. The van der Waals surface area contributed by atoms with Crippen LogP contribution in [0.2, 0.25) is 0 Å². The molecule has 1 saturated carbocycles. The van der Waals surface area contributed by atoms with E-state index in [1.807, 2.05) is 0 Å². The van der Waals surface area contributed by atoms with E-state index in [1.165, 1.54) is 6.08 Å². The number of carbonyl (C=O) groups is 1. The standard InChI is InChI=1S/C19H21F5O4S/c1-5-11(12-8-17(3,4)7-6-14(12)25)13-9-18(20,21)16(26)15(13)10(2)29(27,28)19(22,23)24/h5,8,16,26H,1,6-7,9H2,2-4H3/b13-11+,15-10-/t16-/m0/s1. The van der Waals surface area contributed by atoms with Gasteiger partial charge in [0.25, 0.3) is 15.8 Å². The summed E-state index contributed by atoms with van der Waals surface area (Å²) < 4.78 is 91.2. The maximum Gasteiger partial charge on any atom is 0.501 e. The van der Waals surface area contributed by atoms with Gasteiger partial charge in [0.15, 0.2) is 5.78 Å². The first kappa shape index (κ1) is 23.5. The van der Waals surface area contributed by atoms with Gasteiger partial charge in [0.1, 0.15) is 6.10 Å². The number of rotatable bonds is 3. The van der Waals surface area contributed by atoms with Crippen molar-refractivity contribution in [3.63, 3.8) is 0 Å². The molecule has 1 N–H and O–H groups in total. The molecule has 2 rings (SSSR count). The second kappa shape index (κ2) is 7.16. The number of aliphatic hydroxyl groups is 1. The number of halogens is 5. The van der Waals surface area contributed by atoms with Crippen LogP contribution in [0.25, 0.3) is 0 Å². The number of hydrogen-bond donors (Lipinski definition) is 1. The Bertz CT molecular complexity index is 950. The quantitative estimate of drug-likeness (QED) is 0.661. The first-order valence-electron chi connectivity index (χ1n) is 8.66. The first-order valence-corrected chi connectivity index (χ1v) is 10.1. The summed E-state index contributed by atoms with van der Waals surface area (Å²) in [5.74, 6) is -4.33. The van der Waals surface area contributed by atoms with Crippen molar-refractivity contribution in [2.45, 2.75) is 57.6 Å². The second-order valence-electron chi connectivity index (χ2n) is 7.83. The van der Waals surface area contributed by atoms with Crippen molar-refractivity contribution in [3.8, 4) is 0 Å². The molecule has 1 fully saturated rings. The number of hydrogen-bond acceptors (Lipinski definition) is 4. The molecule has 1 atom stereocenters. The third-order valence-electron chi connectivity index (χ3n) is 5.15. The van der Waals surface area contributed by atoms with E-state index in [2.05, 4.69) is 6.58 Å². The van der Waals surface area contributed by atoms with Gasteiger partial charge in [-0.15, -0.1) is 0 Å². The molecule has 0 unspecified atom stereocenters. The highest BCUT2D eigenvalue weighted by atomic mass is 32.2. The summed E-state index contributed by atoms with van der Waals surface area (Å²) in [6.07, 6.45) is -0.879. The van der Waals surface area contributed by atoms with E-state index < -0.39 is 61.0 Å². The summed E-state index contributed by atoms with van der Waals surface area (Å²) in [5.41, 5.74) is -8.01. The number of carbonyl (C=O) groups excluding carboxylic acids is 1. The summed E-state index contributed by atoms with van der Waals surface area (Å²) >= 11 is 0. The third-order valence-corrected chi connectivity index (χ3v) is 6.78. The number of aliphatic hydroxyl groups excluding tert-OH is 1. The first-order chi connectivity index (χ1) is 13.0. The van der Waals surface area contributed by atoms with Gasteiger partial charge >= 0.3 is 5.51 Å². The molecular formula is C19H21F5O4S. The van der Waals surface area contributed by atoms with Gasteiger partial charge in [-0.05, 0) is 29.9 Å². The molecule has 0 aromatic carbocycles. The predicted octanol–water partition coefficient (Wildman–Crippen LogP) is 4.39. The molecule has 0 saturated heterocycles. The highest BCUT2D eigenvalue weighted by Gasteiger charge is 2.55. The summed E-state index contributed by atoms with van der Waals surface area (Å²) in [6, 6.07) is 0. The van der Waals surface area contributed by atoms with Crippen molar-refractivity contribution in [1.29, 1.82) is 0 Å². The minimum Gasteiger partial charge on any atom is -0.382 e. The van der Waals surface area contributed by atoms with Crippen LogP contribution in [0, 0.1) is 5.41 Å². The fourth-order valence-corrected chi connectivity index (χ4v) is 4.38. The van der Waals surface area contributed by atoms with Crippen molar-refractivity contribution >= 4 is 15.6 Å². The predicted molar refractivity (Wildman–Crippen MR) is 96.6 cm³/mol. The minimum atomic E-state index is -5.97. The Labute approximate surface area is 165 Å². The van der Waals surface area contributed by atoms with Crippen molar-refractivity contribution in [2.75, 3.05) is 0 Å². The van der Waals surface area contributed by atoms with Gasteiger partial charge in [-0.2, -0.15) is 13.2 Å². The zero-order valence-electron chi connectivity index (χ0n) is 16.0. The third kappa shape index (κ3) is 4.09. The monoisotopic (exact) mass is 440 g/mol. The van der Waals surface area contributed by atoms with Crippen LogP contribution in [0.1, 0.15) is 40.0 Å². The number of alkyl halides is 5. The Kier molecular flexibility index (Phi) is 5.79. The topological polar surface area (TPSA) is 71.4 Å². The van der Waals surface area contributed by atoms with E-state index in [1.54, 1.807) is 13.8 Å². The van der Waals surface area contributed by atoms with Crippen molar-refractivity contribution in [1.82, 2.24) is 0 Å². The normalized spacial score (nSPS) is 28.1. The van der Waals surface area contributed by atoms with Gasteiger partial charge in [0, 0.05) is 24.0 Å². The number of allylic oxidation sites excluding steroid dienone is 5. The Hall–Kier alpha value is -1.81. The van der Waals surface area contributed by atoms with E-state index in [-0.39, 0.29) is 17.6 Å². The highest BCUT2D eigenvalue weighted by molar-refractivity contribution is 7.96. The lowest BCUT2D eigenvalue weighted by molar-refractivity contribution is -0.116. The Morgan fingerprint density at radius 3 is 2.34 bits per heavy atom. The average molecular weight is 440 g/mol. The molecule has 162 valence electrons. The van der Waals surface area contributed by atoms with E-state index in [9.17, 15) is 40.3 Å². The molecule has 0 radical (unpaired) electrons. The van der Waals surface area contributed by atoms with Gasteiger partial charge < -0.3 is 5.11 Å². The molecular weight excluding hydrogens is 419 g/mol. The van der Waals surface area contributed by atoms with Gasteiger partial charge in [-0.1, -0.05) is 32.6 Å². The van der Waals surface area contributed by atoms with Crippen molar-refractivity contribution in [3.05, 3.63) is 45.9 Å². The van der Waals surface area contributed by atoms with Gasteiger partial charge in [-0.25, -0.2) is 17.2 Å². The molecule has 0 heterocycles. The van der Waals surface area contributed by atoms with Gasteiger partial charge in [0.2, 0.25) is 0 Å². The SMILES string of the molecule is C=C/C(C1=CC(C)(C)CCC1=O)=C1/CC(F)(F)[C@@H](O)/C1=C(/C)S(=O)(=O)C(F)(F)F. The van der Waals surface area contributed by atoms with Gasteiger partial charge in [-0.3, -0.25) is 4.79 Å². The lowest BCUT2D eigenvalue weighted by atomic mass is 9.76. The molecule has 2 aliphatic carbocycles. The highest BCUT2D eigenvalue weighted by Crippen LogP contribution is 2.49. The summed E-state index contributed by atoms with van der Waals surface area (Å²) in [6.45, 7) is 7.57. The zero-order chi connectivity index (χ0) is 22.6. The van der Waals surface area contributed by atoms with Crippen LogP contribution in [-0.2, 0) is 14.6 Å². The van der Waals surface area contributed by atoms with E-state index in [4.69, 9.17) is 0 Å². The molecule has 29 heavy (non-hydrogen) atoms. The molecule has 4 nitrogen and oxygen atoms in total. The summed E-state index contributed by atoms with van der Waals surface area (Å²) in [4.78, 5) is 11.0. The average Bonchev–Trinajstić information content (AvgIpc) is 2.79. The maximum absolute atomic E-state index is 14.3. The minimum absolute atomic E-state index is 0.0224.